The van der Waals surface area contributed by atoms with Crippen molar-refractivity contribution in [3.05, 3.63) is 76.6 Å². The smallest absolute Gasteiger partial charge is 0.419 e. The number of nitrogens with zero attached hydrogens (tertiary/aromatic N) is 2. The minimum Gasteiger partial charge on any atom is -0.512 e. The number of allylic oxidation sites excluding steroid dienone is 2. The molecule has 4 aromatic rings. The molecule has 0 aliphatic heterocycles. The first-order valence-corrected chi connectivity index (χ1v) is 14.3. The van der Waals surface area contributed by atoms with Crippen LogP contribution in [-0.4, -0.2) is 20.4 Å². The van der Waals surface area contributed by atoms with Crippen LogP contribution in [0.15, 0.2) is 63.6 Å². The molecule has 0 spiro atoms. The number of carbonyl (C=O) groups excluding carboxylic acids is 1. The van der Waals surface area contributed by atoms with Crippen LogP contribution >= 0.6 is 0 Å². The number of fused-ring (bicyclic) bond motifs is 2. The van der Waals surface area contributed by atoms with E-state index in [9.17, 15) is 14.7 Å². The van der Waals surface area contributed by atoms with Crippen LogP contribution in [-0.2, 0) is 37.4 Å². The molecule has 0 amide bonds. The number of hydrogen-bond donors (Lipinski definition) is 1. The van der Waals surface area contributed by atoms with Gasteiger partial charge in [-0.25, -0.2) is 4.79 Å². The fourth-order valence-electron chi connectivity index (χ4n) is 5.01. The SMILES string of the molecule is CCC(CC)C(=O)/C=C(\O)C(CC)CC.Cn1c(=O)oc2c(-c3[c-]c4ccccc4c(C(C)(C)C)c3)nccc21.[Ir]. The van der Waals surface area contributed by atoms with E-state index < -0.39 is 0 Å². The quantitative estimate of drug-likeness (QED) is 0.112. The predicted molar refractivity (Wildman–Crippen MR) is 164 cm³/mol. The zero-order chi connectivity index (χ0) is 29.6. The van der Waals surface area contributed by atoms with Crippen LogP contribution in [0.4, 0.5) is 0 Å². The van der Waals surface area contributed by atoms with Gasteiger partial charge in [-0.2, -0.15) is 0 Å². The molecule has 0 aliphatic carbocycles. The van der Waals surface area contributed by atoms with E-state index in [1.165, 1.54) is 21.6 Å². The molecule has 0 fully saturated rings. The van der Waals surface area contributed by atoms with Gasteiger partial charge < -0.3 is 9.52 Å². The van der Waals surface area contributed by atoms with Crippen molar-refractivity contribution >= 4 is 27.7 Å². The van der Waals surface area contributed by atoms with Crippen LogP contribution in [0.1, 0.15) is 79.7 Å². The Morgan fingerprint density at radius 3 is 2.24 bits per heavy atom. The van der Waals surface area contributed by atoms with Gasteiger partial charge in [0.25, 0.3) is 0 Å². The average molecular weight is 736 g/mol. The molecule has 7 heteroatoms. The van der Waals surface area contributed by atoms with E-state index in [0.717, 1.165) is 42.1 Å². The van der Waals surface area contributed by atoms with Gasteiger partial charge >= 0.3 is 5.76 Å². The molecule has 0 unspecified atom stereocenters. The van der Waals surface area contributed by atoms with Crippen molar-refractivity contribution in [2.75, 3.05) is 0 Å². The molecule has 1 N–H and O–H groups in total. The number of aliphatic hydroxyl groups excluding tert-OH is 1. The fourth-order valence-corrected chi connectivity index (χ4v) is 5.01. The monoisotopic (exact) mass is 736 g/mol. The molecule has 4 rings (SSSR count). The molecule has 0 atom stereocenters. The van der Waals surface area contributed by atoms with Crippen LogP contribution in [0.2, 0.25) is 0 Å². The molecule has 2 heterocycles. The maximum absolute atomic E-state index is 11.9. The van der Waals surface area contributed by atoms with Crippen molar-refractivity contribution in [3.63, 3.8) is 0 Å². The van der Waals surface area contributed by atoms with Gasteiger partial charge in [0.1, 0.15) is 5.58 Å². The first kappa shape index (κ1) is 34.2. The van der Waals surface area contributed by atoms with Gasteiger partial charge in [-0.15, -0.1) is 29.1 Å². The zero-order valence-electron chi connectivity index (χ0n) is 25.5. The second-order valence-electron chi connectivity index (χ2n) is 11.3. The molecule has 0 saturated carbocycles. The van der Waals surface area contributed by atoms with Crippen LogP contribution in [0.3, 0.4) is 0 Å². The summed E-state index contributed by atoms with van der Waals surface area (Å²) in [7, 11) is 1.70. The summed E-state index contributed by atoms with van der Waals surface area (Å²) in [5.74, 6) is 0.159. The Hall–Kier alpha value is -3.02. The Labute approximate surface area is 257 Å². The number of oxazole rings is 1. The van der Waals surface area contributed by atoms with Crippen LogP contribution < -0.4 is 5.76 Å². The van der Waals surface area contributed by atoms with E-state index in [1.54, 1.807) is 19.3 Å². The predicted octanol–water partition coefficient (Wildman–Crippen LogP) is 8.31. The normalized spacial score (nSPS) is 12.0. The topological polar surface area (TPSA) is 85.3 Å². The number of carbonyl (C=O) groups is 1. The van der Waals surface area contributed by atoms with E-state index in [-0.39, 0.29) is 54.7 Å². The number of aromatic nitrogens is 2. The Balaban J connectivity index is 0.000000320. The Bertz CT molecular complexity index is 1550. The maximum atomic E-state index is 11.9. The van der Waals surface area contributed by atoms with E-state index >= 15 is 0 Å². The number of rotatable bonds is 8. The van der Waals surface area contributed by atoms with Crippen LogP contribution in [0, 0.1) is 17.9 Å². The largest absolute Gasteiger partial charge is 0.512 e. The Morgan fingerprint density at radius 2 is 1.66 bits per heavy atom. The van der Waals surface area contributed by atoms with Crippen molar-refractivity contribution in [3.8, 4) is 11.3 Å². The van der Waals surface area contributed by atoms with Gasteiger partial charge in [0.15, 0.2) is 5.78 Å². The van der Waals surface area contributed by atoms with Gasteiger partial charge in [0.05, 0.1) is 11.3 Å². The summed E-state index contributed by atoms with van der Waals surface area (Å²) >= 11 is 0. The summed E-state index contributed by atoms with van der Waals surface area (Å²) in [5.41, 5.74) is 3.90. The van der Waals surface area contributed by atoms with Crippen molar-refractivity contribution in [1.82, 2.24) is 9.55 Å². The first-order chi connectivity index (χ1) is 19.0. The molecular weight excluding hydrogens is 693 g/mol. The van der Waals surface area contributed by atoms with Crippen LogP contribution in [0.25, 0.3) is 33.1 Å². The number of benzene rings is 2. The molecule has 6 nitrogen and oxygen atoms in total. The van der Waals surface area contributed by atoms with Gasteiger partial charge in [-0.3, -0.25) is 14.3 Å². The molecule has 0 aliphatic rings. The molecule has 2 aromatic heterocycles. The molecule has 41 heavy (non-hydrogen) atoms. The van der Waals surface area contributed by atoms with Gasteiger partial charge in [0, 0.05) is 57.0 Å². The van der Waals surface area contributed by atoms with E-state index in [1.807, 2.05) is 39.8 Å². The molecule has 2 aromatic carbocycles. The minimum absolute atomic E-state index is 0. The van der Waals surface area contributed by atoms with Crippen molar-refractivity contribution in [1.29, 1.82) is 0 Å². The van der Waals surface area contributed by atoms with Gasteiger partial charge in [0.2, 0.25) is 0 Å². The second-order valence-corrected chi connectivity index (χ2v) is 11.3. The second kappa shape index (κ2) is 14.7. The molecule has 223 valence electrons. The fraction of sp³-hybridized carbons (Fsp3) is 0.441. The number of hydrogen-bond acceptors (Lipinski definition) is 5. The van der Waals surface area contributed by atoms with Gasteiger partial charge in [-0.1, -0.05) is 77.6 Å². The summed E-state index contributed by atoms with van der Waals surface area (Å²) in [5, 5.41) is 12.0. The van der Waals surface area contributed by atoms with Crippen molar-refractivity contribution < 1.29 is 34.4 Å². The molecule has 0 bridgehead atoms. The van der Waals surface area contributed by atoms with E-state index in [2.05, 4.69) is 50.0 Å². The minimum atomic E-state index is -0.388. The summed E-state index contributed by atoms with van der Waals surface area (Å²) in [6.45, 7) is 14.6. The number of ketones is 1. The Kier molecular flexibility index (Phi) is 12.3. The number of aryl methyl sites for hydroxylation is 1. The number of pyridine rings is 1. The van der Waals surface area contributed by atoms with E-state index in [0.29, 0.717) is 11.3 Å². The zero-order valence-corrected chi connectivity index (χ0v) is 27.9. The molecular formula is C34H43IrN2O4-. The summed E-state index contributed by atoms with van der Waals surface area (Å²) in [6.07, 6.45) is 6.61. The maximum Gasteiger partial charge on any atom is 0.419 e. The van der Waals surface area contributed by atoms with Crippen molar-refractivity contribution in [2.45, 2.75) is 79.6 Å². The summed E-state index contributed by atoms with van der Waals surface area (Å²) < 4.78 is 6.94. The summed E-state index contributed by atoms with van der Waals surface area (Å²) in [4.78, 5) is 28.1. The van der Waals surface area contributed by atoms with Gasteiger partial charge in [-0.05, 0) is 37.2 Å². The molecule has 0 saturated heterocycles. The Morgan fingerprint density at radius 1 is 1.05 bits per heavy atom. The van der Waals surface area contributed by atoms with Crippen molar-refractivity contribution in [2.24, 2.45) is 18.9 Å². The third-order valence-corrected chi connectivity index (χ3v) is 7.63. The first-order valence-electron chi connectivity index (χ1n) is 14.3. The summed E-state index contributed by atoms with van der Waals surface area (Å²) in [6, 6.07) is 15.6. The standard InChI is InChI=1S/C21H19N2O2.C13H24O2.Ir/c1-21(2,3)16-12-14(11-13-7-5-6-8-15(13)16)18-19-17(9-10-22-18)23(4)20(24)25-19;1-5-10(6-2)12(14)9-13(15)11(7-3)8-4;/h5-10,12H,1-4H3;9-11,14H,5-8H2,1-4H3;/q-1;;/b;12-9-;. The van der Waals surface area contributed by atoms with Crippen LogP contribution in [0.5, 0.6) is 0 Å². The number of aliphatic hydroxyl groups is 1. The average Bonchev–Trinajstić information content (AvgIpc) is 3.22. The third kappa shape index (κ3) is 7.84. The third-order valence-electron chi connectivity index (χ3n) is 7.63. The van der Waals surface area contributed by atoms with E-state index in [4.69, 9.17) is 4.42 Å². The molecule has 1 radical (unpaired) electrons.